The Kier molecular flexibility index (Phi) is 12.0. The van der Waals surface area contributed by atoms with Gasteiger partial charge in [0.1, 0.15) is 18.6 Å². The van der Waals surface area contributed by atoms with Crippen LogP contribution < -0.4 is 33.2 Å². The lowest BCUT2D eigenvalue weighted by molar-refractivity contribution is -0.138. The first-order valence-corrected chi connectivity index (χ1v) is 9.14. The molecular formula is C15H26N6O7S. The van der Waals surface area contributed by atoms with Crippen LogP contribution in [0.15, 0.2) is 0 Å². The maximum Gasteiger partial charge on any atom is 0.322 e. The van der Waals surface area contributed by atoms with Crippen LogP contribution in [0.3, 0.4) is 0 Å². The van der Waals surface area contributed by atoms with Crippen molar-refractivity contribution in [1.29, 1.82) is 0 Å². The zero-order valence-electron chi connectivity index (χ0n) is 15.6. The van der Waals surface area contributed by atoms with E-state index in [1.54, 1.807) is 0 Å². The molecule has 0 aromatic rings. The van der Waals surface area contributed by atoms with Crippen molar-refractivity contribution in [2.75, 3.05) is 12.3 Å². The Hall–Kier alpha value is -2.87. The van der Waals surface area contributed by atoms with Crippen LogP contribution >= 0.6 is 12.6 Å². The third-order valence-electron chi connectivity index (χ3n) is 3.58. The molecule has 13 nitrogen and oxygen atoms in total. The van der Waals surface area contributed by atoms with Crippen LogP contribution in [0.5, 0.6) is 0 Å². The second kappa shape index (κ2) is 13.3. The SMILES string of the molecule is NC(=O)CCC(N)C(=O)NC(CCC(N)=O)C(=O)NC(CS)C(=O)NCC(=O)O. The molecule has 29 heavy (non-hydrogen) atoms. The molecule has 3 atom stereocenters. The summed E-state index contributed by atoms with van der Waals surface area (Å²) in [7, 11) is 0. The first kappa shape index (κ1) is 26.1. The number of carboxylic acid groups (broad SMARTS) is 1. The Bertz CT molecular complexity index is 645. The molecule has 10 N–H and O–H groups in total. The Morgan fingerprint density at radius 3 is 1.83 bits per heavy atom. The molecule has 14 heteroatoms. The molecule has 5 amide bonds. The molecule has 0 rings (SSSR count). The zero-order valence-corrected chi connectivity index (χ0v) is 16.4. The van der Waals surface area contributed by atoms with E-state index in [4.69, 9.17) is 22.3 Å². The van der Waals surface area contributed by atoms with Crippen molar-refractivity contribution >= 4 is 48.1 Å². The van der Waals surface area contributed by atoms with Crippen molar-refractivity contribution < 1.29 is 33.9 Å². The topological polar surface area (TPSA) is 237 Å². The summed E-state index contributed by atoms with van der Waals surface area (Å²) in [6.45, 7) is -0.657. The van der Waals surface area contributed by atoms with Gasteiger partial charge in [0.2, 0.25) is 29.5 Å². The van der Waals surface area contributed by atoms with Gasteiger partial charge in [-0.1, -0.05) is 0 Å². The van der Waals surface area contributed by atoms with Crippen molar-refractivity contribution in [2.24, 2.45) is 17.2 Å². The molecule has 0 saturated heterocycles. The van der Waals surface area contributed by atoms with Crippen molar-refractivity contribution in [1.82, 2.24) is 16.0 Å². The molecule has 0 spiro atoms. The van der Waals surface area contributed by atoms with Gasteiger partial charge >= 0.3 is 5.97 Å². The average Bonchev–Trinajstić information content (AvgIpc) is 2.64. The largest absolute Gasteiger partial charge is 0.480 e. The highest BCUT2D eigenvalue weighted by Crippen LogP contribution is 2.02. The monoisotopic (exact) mass is 434 g/mol. The summed E-state index contributed by atoms with van der Waals surface area (Å²) in [6, 6.07) is -3.59. The van der Waals surface area contributed by atoms with Gasteiger partial charge in [0.15, 0.2) is 0 Å². The molecule has 164 valence electrons. The molecule has 0 aromatic heterocycles. The van der Waals surface area contributed by atoms with E-state index >= 15 is 0 Å². The van der Waals surface area contributed by atoms with E-state index in [2.05, 4.69) is 28.6 Å². The smallest absolute Gasteiger partial charge is 0.322 e. The number of thiol groups is 1. The van der Waals surface area contributed by atoms with Gasteiger partial charge in [-0.05, 0) is 12.8 Å². The molecule has 0 aliphatic carbocycles. The van der Waals surface area contributed by atoms with Crippen LogP contribution in [0.1, 0.15) is 25.7 Å². The molecule has 0 aliphatic heterocycles. The van der Waals surface area contributed by atoms with Crippen molar-refractivity contribution in [3.63, 3.8) is 0 Å². The second-order valence-electron chi connectivity index (χ2n) is 6.03. The minimum absolute atomic E-state index is 0.0534. The van der Waals surface area contributed by atoms with E-state index < -0.39 is 60.2 Å². The molecule has 0 bridgehead atoms. The number of nitrogens with one attached hydrogen (secondary N) is 3. The van der Waals surface area contributed by atoms with E-state index in [0.717, 1.165) is 0 Å². The number of amides is 5. The van der Waals surface area contributed by atoms with Crippen molar-refractivity contribution in [2.45, 2.75) is 43.8 Å². The molecular weight excluding hydrogens is 408 g/mol. The molecule has 0 saturated carbocycles. The van der Waals surface area contributed by atoms with Gasteiger partial charge in [-0.2, -0.15) is 12.6 Å². The number of hydrogen-bond donors (Lipinski definition) is 8. The first-order valence-electron chi connectivity index (χ1n) is 8.51. The highest BCUT2D eigenvalue weighted by Gasteiger charge is 2.28. The summed E-state index contributed by atoms with van der Waals surface area (Å²) in [5, 5.41) is 15.3. The van der Waals surface area contributed by atoms with Crippen LogP contribution in [0.25, 0.3) is 0 Å². The molecule has 0 aromatic carbocycles. The number of carboxylic acids is 1. The number of rotatable bonds is 14. The van der Waals surface area contributed by atoms with E-state index in [1.165, 1.54) is 0 Å². The Balaban J connectivity index is 5.07. The quantitative estimate of drug-likeness (QED) is 0.125. The summed E-state index contributed by atoms with van der Waals surface area (Å²) in [5.74, 6) is -5.21. The average molecular weight is 434 g/mol. The molecule has 0 aliphatic rings. The van der Waals surface area contributed by atoms with Crippen LogP contribution in [-0.2, 0) is 28.8 Å². The fourth-order valence-electron chi connectivity index (χ4n) is 2.02. The molecule has 0 radical (unpaired) electrons. The van der Waals surface area contributed by atoms with Gasteiger partial charge in [0.25, 0.3) is 0 Å². The molecule has 0 heterocycles. The van der Waals surface area contributed by atoms with Gasteiger partial charge in [0, 0.05) is 18.6 Å². The normalized spacial score (nSPS) is 13.4. The standard InChI is InChI=1S/C15H26N6O7S/c16-7(1-3-10(17)22)13(26)20-8(2-4-11(18)23)15(28)21-9(6-29)14(27)19-5-12(24)25/h7-9,29H,1-6,16H2,(H2,17,22)(H2,18,23)(H,19,27)(H,20,26)(H,21,28)(H,24,25). The van der Waals surface area contributed by atoms with E-state index in [-0.39, 0.29) is 31.4 Å². The van der Waals surface area contributed by atoms with Crippen LogP contribution in [-0.4, -0.2) is 71.0 Å². The summed E-state index contributed by atoms with van der Waals surface area (Å²) in [6.07, 6.45) is -0.614. The maximum atomic E-state index is 12.5. The lowest BCUT2D eigenvalue weighted by Gasteiger charge is -2.23. The van der Waals surface area contributed by atoms with Crippen molar-refractivity contribution in [3.05, 3.63) is 0 Å². The fourth-order valence-corrected chi connectivity index (χ4v) is 2.27. The first-order chi connectivity index (χ1) is 13.5. The number of carbonyl (C=O) groups is 6. The highest BCUT2D eigenvalue weighted by molar-refractivity contribution is 7.80. The fraction of sp³-hybridized carbons (Fsp3) is 0.600. The summed E-state index contributed by atoms with van der Waals surface area (Å²) in [5.41, 5.74) is 15.7. The molecule has 0 fully saturated rings. The minimum Gasteiger partial charge on any atom is -0.480 e. The molecule has 3 unspecified atom stereocenters. The van der Waals surface area contributed by atoms with Gasteiger partial charge in [0.05, 0.1) is 6.04 Å². The van der Waals surface area contributed by atoms with Crippen LogP contribution in [0, 0.1) is 0 Å². The van der Waals surface area contributed by atoms with Crippen LogP contribution in [0.2, 0.25) is 0 Å². The second-order valence-corrected chi connectivity index (χ2v) is 6.40. The number of hydrogen-bond acceptors (Lipinski definition) is 8. The number of nitrogens with two attached hydrogens (primary N) is 3. The van der Waals surface area contributed by atoms with Crippen molar-refractivity contribution in [3.8, 4) is 0 Å². The number of primary amides is 2. The Morgan fingerprint density at radius 2 is 1.34 bits per heavy atom. The summed E-state index contributed by atoms with van der Waals surface area (Å²) < 4.78 is 0. The van der Waals surface area contributed by atoms with Crippen LogP contribution in [0.4, 0.5) is 0 Å². The highest BCUT2D eigenvalue weighted by atomic mass is 32.1. The third-order valence-corrected chi connectivity index (χ3v) is 3.95. The summed E-state index contributed by atoms with van der Waals surface area (Å²) >= 11 is 3.93. The minimum atomic E-state index is -1.28. The van der Waals surface area contributed by atoms with Gasteiger partial charge in [-0.3, -0.25) is 28.8 Å². The number of aliphatic carboxylic acids is 1. The maximum absolute atomic E-state index is 12.5. The Labute approximate surface area is 171 Å². The predicted octanol–water partition coefficient (Wildman–Crippen LogP) is -4.06. The van der Waals surface area contributed by atoms with E-state index in [1.807, 2.05) is 0 Å². The van der Waals surface area contributed by atoms with Gasteiger partial charge in [-0.25, -0.2) is 0 Å². The lowest BCUT2D eigenvalue weighted by atomic mass is 10.1. The van der Waals surface area contributed by atoms with E-state index in [9.17, 15) is 28.8 Å². The van der Waals surface area contributed by atoms with Gasteiger partial charge in [-0.15, -0.1) is 0 Å². The van der Waals surface area contributed by atoms with E-state index in [0.29, 0.717) is 0 Å². The third kappa shape index (κ3) is 11.5. The predicted molar refractivity (Wildman–Crippen MR) is 103 cm³/mol. The van der Waals surface area contributed by atoms with Gasteiger partial charge < -0.3 is 38.3 Å². The lowest BCUT2D eigenvalue weighted by Crippen LogP contribution is -2.56. The number of carbonyl (C=O) groups excluding carboxylic acids is 5. The zero-order chi connectivity index (χ0) is 22.6. The Morgan fingerprint density at radius 1 is 0.828 bits per heavy atom. The summed E-state index contributed by atoms with van der Waals surface area (Å²) in [4.78, 5) is 68.9.